The Bertz CT molecular complexity index is 351. The molecule has 0 amide bonds. The van der Waals surface area contributed by atoms with Gasteiger partial charge in [-0.2, -0.15) is 0 Å². The summed E-state index contributed by atoms with van der Waals surface area (Å²) in [4.78, 5) is 5.06. The minimum Gasteiger partial charge on any atom is -0.313 e. The van der Waals surface area contributed by atoms with Gasteiger partial charge < -0.3 is 4.57 Å². The molecule has 0 unspecified atom stereocenters. The van der Waals surface area contributed by atoms with Crippen LogP contribution in [0.2, 0.25) is 0 Å². The molecule has 0 bridgehead atoms. The third kappa shape index (κ3) is 1.12. The first-order valence-corrected chi connectivity index (χ1v) is 4.56. The number of aromatic nitrogens is 4. The maximum absolute atomic E-state index is 4.01. The lowest BCUT2D eigenvalue weighted by Gasteiger charge is -1.97. The Labute approximate surface area is 73.9 Å². The molecule has 4 nitrogen and oxygen atoms in total. The van der Waals surface area contributed by atoms with Crippen LogP contribution in [0.15, 0.2) is 18.0 Å². The quantitative estimate of drug-likeness (QED) is 0.702. The third-order valence-corrected chi connectivity index (χ3v) is 2.38. The van der Waals surface area contributed by atoms with Crippen LogP contribution in [0.5, 0.6) is 0 Å². The van der Waals surface area contributed by atoms with Crippen LogP contribution in [0.4, 0.5) is 0 Å². The van der Waals surface area contributed by atoms with Gasteiger partial charge in [0.25, 0.3) is 0 Å². The summed E-state index contributed by atoms with van der Waals surface area (Å²) in [6, 6.07) is 0. The van der Waals surface area contributed by atoms with Gasteiger partial charge in [0, 0.05) is 12.7 Å². The van der Waals surface area contributed by atoms with E-state index in [0.717, 1.165) is 17.2 Å². The summed E-state index contributed by atoms with van der Waals surface area (Å²) in [7, 11) is 0. The second kappa shape index (κ2) is 3.02. The van der Waals surface area contributed by atoms with Crippen LogP contribution in [0.1, 0.15) is 6.92 Å². The molecule has 0 radical (unpaired) electrons. The van der Waals surface area contributed by atoms with E-state index in [4.69, 9.17) is 0 Å². The molecule has 62 valence electrons. The van der Waals surface area contributed by atoms with Crippen molar-refractivity contribution in [3.63, 3.8) is 0 Å². The van der Waals surface area contributed by atoms with Gasteiger partial charge in [-0.25, -0.2) is 0 Å². The highest BCUT2D eigenvalue weighted by molar-refractivity contribution is 7.13. The molecule has 5 heteroatoms. The van der Waals surface area contributed by atoms with Gasteiger partial charge in [0.2, 0.25) is 0 Å². The third-order valence-electron chi connectivity index (χ3n) is 1.61. The Morgan fingerprint density at radius 2 is 2.50 bits per heavy atom. The molecular formula is C7H8N4S. The van der Waals surface area contributed by atoms with Gasteiger partial charge in [-0.1, -0.05) is 0 Å². The molecule has 2 aromatic heterocycles. The van der Waals surface area contributed by atoms with E-state index in [1.807, 2.05) is 4.57 Å². The smallest absolute Gasteiger partial charge is 0.175 e. The highest BCUT2D eigenvalue weighted by Gasteiger charge is 2.06. The van der Waals surface area contributed by atoms with Crippen LogP contribution in [0, 0.1) is 0 Å². The van der Waals surface area contributed by atoms with Gasteiger partial charge in [-0.15, -0.1) is 21.5 Å². The zero-order chi connectivity index (χ0) is 8.39. The van der Waals surface area contributed by atoms with Crippen molar-refractivity contribution in [1.29, 1.82) is 0 Å². The Morgan fingerprint density at radius 3 is 3.17 bits per heavy atom. The van der Waals surface area contributed by atoms with Gasteiger partial charge >= 0.3 is 0 Å². The highest BCUT2D eigenvalue weighted by atomic mass is 32.1. The van der Waals surface area contributed by atoms with E-state index in [1.165, 1.54) is 0 Å². The molecule has 0 aliphatic rings. The highest BCUT2D eigenvalue weighted by Crippen LogP contribution is 2.19. The van der Waals surface area contributed by atoms with Crippen LogP contribution < -0.4 is 0 Å². The van der Waals surface area contributed by atoms with Crippen LogP contribution in [-0.2, 0) is 6.54 Å². The minimum absolute atomic E-state index is 0.889. The van der Waals surface area contributed by atoms with Gasteiger partial charge in [-0.3, -0.25) is 4.98 Å². The van der Waals surface area contributed by atoms with Gasteiger partial charge in [0.05, 0.1) is 10.4 Å². The summed E-state index contributed by atoms with van der Waals surface area (Å²) in [5, 5.41) is 7.85. The number of nitrogens with zero attached hydrogens (tertiary/aromatic N) is 4. The molecule has 0 saturated heterocycles. The summed E-state index contributed by atoms with van der Waals surface area (Å²) in [5.74, 6) is 0.903. The SMILES string of the molecule is CCn1cnnc1-c1cncs1. The lowest BCUT2D eigenvalue weighted by atomic mass is 10.5. The standard InChI is InChI=1S/C7H8N4S/c1-2-11-4-9-10-7(11)6-3-8-5-12-6/h3-5H,2H2,1H3. The first-order chi connectivity index (χ1) is 5.92. The van der Waals surface area contributed by atoms with E-state index in [1.54, 1.807) is 29.4 Å². The number of hydrogen-bond acceptors (Lipinski definition) is 4. The van der Waals surface area contributed by atoms with Crippen molar-refractivity contribution in [2.75, 3.05) is 0 Å². The Balaban J connectivity index is 2.46. The maximum atomic E-state index is 4.01. The first kappa shape index (κ1) is 7.42. The summed E-state index contributed by atoms with van der Waals surface area (Å²) < 4.78 is 1.99. The first-order valence-electron chi connectivity index (χ1n) is 3.68. The van der Waals surface area contributed by atoms with Crippen molar-refractivity contribution in [1.82, 2.24) is 19.7 Å². The van der Waals surface area contributed by atoms with E-state index in [-0.39, 0.29) is 0 Å². The average Bonchev–Trinajstić information content (AvgIpc) is 2.74. The summed E-state index contributed by atoms with van der Waals surface area (Å²) in [6.45, 7) is 2.95. The molecule has 2 heterocycles. The summed E-state index contributed by atoms with van der Waals surface area (Å²) in [5.41, 5.74) is 1.80. The van der Waals surface area contributed by atoms with Crippen molar-refractivity contribution >= 4 is 11.3 Å². The zero-order valence-electron chi connectivity index (χ0n) is 6.64. The Hall–Kier alpha value is -1.23. The lowest BCUT2D eigenvalue weighted by Crippen LogP contribution is -1.94. The molecule has 0 spiro atoms. The fourth-order valence-electron chi connectivity index (χ4n) is 1.00. The molecule has 0 saturated carbocycles. The van der Waals surface area contributed by atoms with E-state index in [0.29, 0.717) is 0 Å². The predicted octanol–water partition coefficient (Wildman–Crippen LogP) is 1.42. The predicted molar refractivity (Wildman–Crippen MR) is 46.8 cm³/mol. The van der Waals surface area contributed by atoms with Crippen LogP contribution >= 0.6 is 11.3 Å². The molecule has 2 rings (SSSR count). The van der Waals surface area contributed by atoms with Crippen molar-refractivity contribution in [3.8, 4) is 10.7 Å². The molecule has 0 aliphatic carbocycles. The van der Waals surface area contributed by atoms with Crippen molar-refractivity contribution in [2.24, 2.45) is 0 Å². The molecule has 0 aliphatic heterocycles. The summed E-state index contributed by atoms with van der Waals surface area (Å²) in [6.07, 6.45) is 3.54. The van der Waals surface area contributed by atoms with Gasteiger partial charge in [0.15, 0.2) is 5.82 Å². The fraction of sp³-hybridized carbons (Fsp3) is 0.286. The monoisotopic (exact) mass is 180 g/mol. The van der Waals surface area contributed by atoms with Crippen molar-refractivity contribution in [2.45, 2.75) is 13.5 Å². The van der Waals surface area contributed by atoms with E-state index in [9.17, 15) is 0 Å². The van der Waals surface area contributed by atoms with E-state index >= 15 is 0 Å². The maximum Gasteiger partial charge on any atom is 0.175 e. The number of aryl methyl sites for hydroxylation is 1. The molecule has 0 fully saturated rings. The van der Waals surface area contributed by atoms with Crippen LogP contribution in [0.25, 0.3) is 10.7 Å². The normalized spacial score (nSPS) is 10.4. The van der Waals surface area contributed by atoms with Gasteiger partial charge in [-0.05, 0) is 6.92 Å². The number of hydrogen-bond donors (Lipinski definition) is 0. The van der Waals surface area contributed by atoms with Crippen molar-refractivity contribution < 1.29 is 0 Å². The van der Waals surface area contributed by atoms with Crippen molar-refractivity contribution in [3.05, 3.63) is 18.0 Å². The fourth-order valence-corrected chi connectivity index (χ4v) is 1.62. The second-order valence-electron chi connectivity index (χ2n) is 2.31. The van der Waals surface area contributed by atoms with E-state index in [2.05, 4.69) is 22.1 Å². The molecule has 0 aromatic carbocycles. The number of thiazole rings is 1. The Kier molecular flexibility index (Phi) is 1.87. The van der Waals surface area contributed by atoms with E-state index < -0.39 is 0 Å². The second-order valence-corrected chi connectivity index (χ2v) is 3.19. The molecule has 12 heavy (non-hydrogen) atoms. The van der Waals surface area contributed by atoms with Gasteiger partial charge in [0.1, 0.15) is 6.33 Å². The van der Waals surface area contributed by atoms with Crippen LogP contribution in [-0.4, -0.2) is 19.7 Å². The summed E-state index contributed by atoms with van der Waals surface area (Å²) >= 11 is 1.58. The zero-order valence-corrected chi connectivity index (χ0v) is 7.45. The minimum atomic E-state index is 0.889. The van der Waals surface area contributed by atoms with Crippen LogP contribution in [0.3, 0.4) is 0 Å². The largest absolute Gasteiger partial charge is 0.313 e. The molecule has 0 N–H and O–H groups in total. The molecular weight excluding hydrogens is 172 g/mol. The number of rotatable bonds is 2. The average molecular weight is 180 g/mol. The Morgan fingerprint density at radius 1 is 1.58 bits per heavy atom. The lowest BCUT2D eigenvalue weighted by molar-refractivity contribution is 0.768. The molecule has 0 atom stereocenters. The molecule has 2 aromatic rings. The topological polar surface area (TPSA) is 43.6 Å².